The molecule has 5 nitrogen and oxygen atoms in total. The molecular formula is C9H12N4O. The SMILES string of the molecule is CNC(=O)c1ccc(NC2CC2)nn1. The van der Waals surface area contributed by atoms with Crippen molar-refractivity contribution in [2.24, 2.45) is 0 Å². The molecule has 1 aliphatic rings. The van der Waals surface area contributed by atoms with E-state index in [1.54, 1.807) is 19.2 Å². The van der Waals surface area contributed by atoms with Crippen molar-refractivity contribution in [1.29, 1.82) is 0 Å². The molecule has 1 fully saturated rings. The fourth-order valence-electron chi connectivity index (χ4n) is 1.10. The molecule has 0 aliphatic heterocycles. The van der Waals surface area contributed by atoms with E-state index in [1.807, 2.05) is 0 Å². The average molecular weight is 192 g/mol. The number of amides is 1. The number of hydrogen-bond acceptors (Lipinski definition) is 4. The van der Waals surface area contributed by atoms with Crippen LogP contribution in [-0.4, -0.2) is 29.2 Å². The van der Waals surface area contributed by atoms with Crippen LogP contribution in [0.15, 0.2) is 12.1 Å². The number of aromatic nitrogens is 2. The summed E-state index contributed by atoms with van der Waals surface area (Å²) in [6.45, 7) is 0. The number of carbonyl (C=O) groups is 1. The summed E-state index contributed by atoms with van der Waals surface area (Å²) in [6.07, 6.45) is 2.39. The third-order valence-corrected chi connectivity index (χ3v) is 2.05. The molecule has 0 unspecified atom stereocenters. The number of anilines is 1. The number of nitrogens with one attached hydrogen (secondary N) is 2. The molecule has 1 aromatic rings. The van der Waals surface area contributed by atoms with E-state index in [1.165, 1.54) is 12.8 Å². The number of carbonyl (C=O) groups excluding carboxylic acids is 1. The summed E-state index contributed by atoms with van der Waals surface area (Å²) in [4.78, 5) is 11.1. The highest BCUT2D eigenvalue weighted by Gasteiger charge is 2.21. The molecule has 1 amide bonds. The minimum Gasteiger partial charge on any atom is -0.366 e. The van der Waals surface area contributed by atoms with Gasteiger partial charge in [0.25, 0.3) is 5.91 Å². The molecule has 5 heteroatoms. The van der Waals surface area contributed by atoms with Crippen LogP contribution in [0.3, 0.4) is 0 Å². The molecule has 0 saturated heterocycles. The third-order valence-electron chi connectivity index (χ3n) is 2.05. The van der Waals surface area contributed by atoms with Crippen molar-refractivity contribution < 1.29 is 4.79 Å². The predicted molar refractivity (Wildman–Crippen MR) is 52.1 cm³/mol. The smallest absolute Gasteiger partial charge is 0.271 e. The van der Waals surface area contributed by atoms with Crippen LogP contribution < -0.4 is 10.6 Å². The molecule has 2 N–H and O–H groups in total. The molecule has 0 spiro atoms. The van der Waals surface area contributed by atoms with Crippen molar-refractivity contribution in [3.8, 4) is 0 Å². The summed E-state index contributed by atoms with van der Waals surface area (Å²) in [6, 6.07) is 3.99. The van der Waals surface area contributed by atoms with Gasteiger partial charge in [0.05, 0.1) is 0 Å². The molecule has 1 saturated carbocycles. The van der Waals surface area contributed by atoms with Gasteiger partial charge in [-0.05, 0) is 25.0 Å². The molecule has 1 heterocycles. The lowest BCUT2D eigenvalue weighted by Crippen LogP contribution is -2.19. The lowest BCUT2D eigenvalue weighted by Gasteiger charge is -2.02. The number of hydrogen-bond donors (Lipinski definition) is 2. The standard InChI is InChI=1S/C9H12N4O/c1-10-9(14)7-4-5-8(13-12-7)11-6-2-3-6/h4-6H,2-3H2,1H3,(H,10,14)(H,11,13). The Morgan fingerprint density at radius 2 is 2.21 bits per heavy atom. The van der Waals surface area contributed by atoms with Gasteiger partial charge in [-0.15, -0.1) is 10.2 Å². The van der Waals surface area contributed by atoms with Crippen molar-refractivity contribution in [3.05, 3.63) is 17.8 Å². The molecule has 1 aliphatic carbocycles. The molecule has 0 aromatic carbocycles. The normalized spacial score (nSPS) is 14.9. The third kappa shape index (κ3) is 1.99. The Morgan fingerprint density at radius 3 is 2.71 bits per heavy atom. The Morgan fingerprint density at radius 1 is 1.43 bits per heavy atom. The topological polar surface area (TPSA) is 66.9 Å². The van der Waals surface area contributed by atoms with Crippen LogP contribution in [0, 0.1) is 0 Å². The molecule has 2 rings (SSSR count). The Balaban J connectivity index is 2.04. The van der Waals surface area contributed by atoms with Gasteiger partial charge in [-0.2, -0.15) is 0 Å². The van der Waals surface area contributed by atoms with Gasteiger partial charge in [-0.3, -0.25) is 4.79 Å². The summed E-state index contributed by atoms with van der Waals surface area (Å²) < 4.78 is 0. The maximum absolute atomic E-state index is 11.1. The highest BCUT2D eigenvalue weighted by atomic mass is 16.1. The summed E-state index contributed by atoms with van der Waals surface area (Å²) >= 11 is 0. The van der Waals surface area contributed by atoms with E-state index in [9.17, 15) is 4.79 Å². The van der Waals surface area contributed by atoms with Crippen LogP contribution >= 0.6 is 0 Å². The molecule has 0 atom stereocenters. The largest absolute Gasteiger partial charge is 0.366 e. The Labute approximate surface area is 81.9 Å². The monoisotopic (exact) mass is 192 g/mol. The van der Waals surface area contributed by atoms with Gasteiger partial charge in [0, 0.05) is 13.1 Å². The van der Waals surface area contributed by atoms with Gasteiger partial charge in [0.2, 0.25) is 0 Å². The van der Waals surface area contributed by atoms with E-state index >= 15 is 0 Å². The Bertz CT molecular complexity index is 331. The zero-order valence-corrected chi connectivity index (χ0v) is 7.95. The molecular weight excluding hydrogens is 180 g/mol. The van der Waals surface area contributed by atoms with Gasteiger partial charge >= 0.3 is 0 Å². The molecule has 14 heavy (non-hydrogen) atoms. The van der Waals surface area contributed by atoms with Gasteiger partial charge in [0.1, 0.15) is 5.82 Å². The van der Waals surface area contributed by atoms with E-state index < -0.39 is 0 Å². The highest BCUT2D eigenvalue weighted by Crippen LogP contribution is 2.23. The van der Waals surface area contributed by atoms with Crippen LogP contribution in [0.5, 0.6) is 0 Å². The van der Waals surface area contributed by atoms with Crippen molar-refractivity contribution in [2.75, 3.05) is 12.4 Å². The lowest BCUT2D eigenvalue weighted by molar-refractivity contribution is 0.0957. The fourth-order valence-corrected chi connectivity index (χ4v) is 1.10. The summed E-state index contributed by atoms with van der Waals surface area (Å²) in [5, 5.41) is 13.4. The highest BCUT2D eigenvalue weighted by molar-refractivity contribution is 5.91. The maximum Gasteiger partial charge on any atom is 0.271 e. The zero-order chi connectivity index (χ0) is 9.97. The lowest BCUT2D eigenvalue weighted by atomic mass is 10.3. The second-order valence-corrected chi connectivity index (χ2v) is 3.30. The molecule has 74 valence electrons. The summed E-state index contributed by atoms with van der Waals surface area (Å²) in [5.74, 6) is 0.524. The van der Waals surface area contributed by atoms with Crippen LogP contribution in [0.4, 0.5) is 5.82 Å². The Kier molecular flexibility index (Phi) is 2.30. The van der Waals surface area contributed by atoms with Crippen molar-refractivity contribution in [2.45, 2.75) is 18.9 Å². The van der Waals surface area contributed by atoms with E-state index in [4.69, 9.17) is 0 Å². The van der Waals surface area contributed by atoms with Crippen molar-refractivity contribution in [1.82, 2.24) is 15.5 Å². The first-order chi connectivity index (χ1) is 6.79. The van der Waals surface area contributed by atoms with E-state index in [-0.39, 0.29) is 5.91 Å². The van der Waals surface area contributed by atoms with Gasteiger partial charge in [-0.1, -0.05) is 0 Å². The van der Waals surface area contributed by atoms with E-state index in [0.717, 1.165) is 5.82 Å². The van der Waals surface area contributed by atoms with E-state index in [2.05, 4.69) is 20.8 Å². The van der Waals surface area contributed by atoms with Gasteiger partial charge < -0.3 is 10.6 Å². The van der Waals surface area contributed by atoms with Crippen LogP contribution in [0.1, 0.15) is 23.3 Å². The average Bonchev–Trinajstić information content (AvgIpc) is 3.02. The van der Waals surface area contributed by atoms with Gasteiger partial charge in [0.15, 0.2) is 5.69 Å². The van der Waals surface area contributed by atoms with Crippen LogP contribution in [0.2, 0.25) is 0 Å². The van der Waals surface area contributed by atoms with Crippen molar-refractivity contribution in [3.63, 3.8) is 0 Å². The van der Waals surface area contributed by atoms with Crippen LogP contribution in [-0.2, 0) is 0 Å². The summed E-state index contributed by atoms with van der Waals surface area (Å²) in [7, 11) is 1.57. The molecule has 1 aromatic heterocycles. The quantitative estimate of drug-likeness (QED) is 0.728. The van der Waals surface area contributed by atoms with Crippen molar-refractivity contribution >= 4 is 11.7 Å². The first-order valence-electron chi connectivity index (χ1n) is 4.62. The second kappa shape index (κ2) is 3.61. The number of rotatable bonds is 3. The molecule has 0 radical (unpaired) electrons. The van der Waals surface area contributed by atoms with Gasteiger partial charge in [-0.25, -0.2) is 0 Å². The first kappa shape index (κ1) is 8.93. The zero-order valence-electron chi connectivity index (χ0n) is 7.95. The number of nitrogens with zero attached hydrogens (tertiary/aromatic N) is 2. The van der Waals surface area contributed by atoms with Crippen LogP contribution in [0.25, 0.3) is 0 Å². The second-order valence-electron chi connectivity index (χ2n) is 3.30. The first-order valence-corrected chi connectivity index (χ1v) is 4.62. The summed E-state index contributed by atoms with van der Waals surface area (Å²) in [5.41, 5.74) is 0.342. The molecule has 0 bridgehead atoms. The minimum absolute atomic E-state index is 0.213. The fraction of sp³-hybridized carbons (Fsp3) is 0.444. The Hall–Kier alpha value is -1.65. The maximum atomic E-state index is 11.1. The van der Waals surface area contributed by atoms with E-state index in [0.29, 0.717) is 11.7 Å². The predicted octanol–water partition coefficient (Wildman–Crippen LogP) is 0.410. The minimum atomic E-state index is -0.213.